The summed E-state index contributed by atoms with van der Waals surface area (Å²) < 4.78 is 12.8. The molecule has 0 amide bonds. The Bertz CT molecular complexity index is 396. The zero-order valence-corrected chi connectivity index (χ0v) is 11.6. The van der Waals surface area contributed by atoms with Crippen LogP contribution in [-0.2, 0) is 6.42 Å². The van der Waals surface area contributed by atoms with Gasteiger partial charge < -0.3 is 5.32 Å². The van der Waals surface area contributed by atoms with Gasteiger partial charge in [0.1, 0.15) is 5.82 Å². The predicted molar refractivity (Wildman–Crippen MR) is 76.6 cm³/mol. The van der Waals surface area contributed by atoms with E-state index in [9.17, 15) is 4.39 Å². The molecule has 1 nitrogen and oxygen atoms in total. The molecule has 0 aliphatic heterocycles. The van der Waals surface area contributed by atoms with Gasteiger partial charge in [-0.2, -0.15) is 0 Å². The Morgan fingerprint density at radius 1 is 1.00 bits per heavy atom. The number of hydrogen-bond donors (Lipinski definition) is 1. The lowest BCUT2D eigenvalue weighted by Gasteiger charge is -2.30. The first-order chi connectivity index (χ1) is 9.31. The molecule has 19 heavy (non-hydrogen) atoms. The molecule has 2 aliphatic carbocycles. The summed E-state index contributed by atoms with van der Waals surface area (Å²) in [7, 11) is 0. The average molecular weight is 261 g/mol. The summed E-state index contributed by atoms with van der Waals surface area (Å²) in [5.74, 6) is 1.91. The molecule has 2 aliphatic rings. The normalized spacial score (nSPS) is 27.4. The first-order valence-electron chi connectivity index (χ1n) is 7.79. The van der Waals surface area contributed by atoms with Crippen molar-refractivity contribution in [2.45, 2.75) is 51.0 Å². The van der Waals surface area contributed by atoms with Crippen LogP contribution < -0.4 is 5.32 Å². The predicted octanol–water partition coefficient (Wildman–Crippen LogP) is 3.93. The van der Waals surface area contributed by atoms with Gasteiger partial charge in [0.2, 0.25) is 0 Å². The van der Waals surface area contributed by atoms with E-state index in [0.717, 1.165) is 30.8 Å². The van der Waals surface area contributed by atoms with Crippen molar-refractivity contribution in [2.24, 2.45) is 11.8 Å². The minimum Gasteiger partial charge on any atom is -0.314 e. The molecule has 0 bridgehead atoms. The lowest BCUT2D eigenvalue weighted by Crippen LogP contribution is -2.35. The summed E-state index contributed by atoms with van der Waals surface area (Å²) >= 11 is 0. The molecular formula is C17H24FN. The highest BCUT2D eigenvalue weighted by Crippen LogP contribution is 2.43. The zero-order valence-electron chi connectivity index (χ0n) is 11.6. The molecule has 104 valence electrons. The van der Waals surface area contributed by atoms with Gasteiger partial charge in [-0.1, -0.05) is 25.0 Å². The van der Waals surface area contributed by atoms with Gasteiger partial charge in [0.15, 0.2) is 0 Å². The molecule has 2 unspecified atom stereocenters. The maximum absolute atomic E-state index is 12.8. The van der Waals surface area contributed by atoms with Gasteiger partial charge in [-0.3, -0.25) is 0 Å². The van der Waals surface area contributed by atoms with Crippen LogP contribution in [0.2, 0.25) is 0 Å². The van der Waals surface area contributed by atoms with Crippen molar-refractivity contribution in [3.63, 3.8) is 0 Å². The van der Waals surface area contributed by atoms with E-state index in [0.29, 0.717) is 0 Å². The number of rotatable bonds is 5. The molecule has 2 heteroatoms. The van der Waals surface area contributed by atoms with E-state index in [2.05, 4.69) is 5.32 Å². The second-order valence-electron chi connectivity index (χ2n) is 6.29. The SMILES string of the molecule is Fc1ccc(CCNC2CCCC(C3CC3)C2)cc1. The Labute approximate surface area is 115 Å². The fourth-order valence-electron chi connectivity index (χ4n) is 3.48. The van der Waals surface area contributed by atoms with Crippen LogP contribution in [0.15, 0.2) is 24.3 Å². The van der Waals surface area contributed by atoms with Crippen molar-refractivity contribution in [3.8, 4) is 0 Å². The van der Waals surface area contributed by atoms with E-state index in [-0.39, 0.29) is 5.82 Å². The van der Waals surface area contributed by atoms with Crippen molar-refractivity contribution >= 4 is 0 Å². The van der Waals surface area contributed by atoms with Gasteiger partial charge in [-0.15, -0.1) is 0 Å². The van der Waals surface area contributed by atoms with Crippen LogP contribution in [0.5, 0.6) is 0 Å². The van der Waals surface area contributed by atoms with Crippen LogP contribution >= 0.6 is 0 Å². The zero-order chi connectivity index (χ0) is 13.1. The molecule has 1 N–H and O–H groups in total. The van der Waals surface area contributed by atoms with E-state index in [1.54, 1.807) is 12.1 Å². The highest BCUT2D eigenvalue weighted by Gasteiger charge is 2.34. The summed E-state index contributed by atoms with van der Waals surface area (Å²) in [6, 6.07) is 7.62. The maximum atomic E-state index is 12.8. The molecule has 1 aromatic rings. The first kappa shape index (κ1) is 13.1. The van der Waals surface area contributed by atoms with Gasteiger partial charge in [0.05, 0.1) is 0 Å². The number of nitrogens with one attached hydrogen (secondary N) is 1. The fraction of sp³-hybridized carbons (Fsp3) is 0.647. The van der Waals surface area contributed by atoms with Crippen LogP contribution in [0.25, 0.3) is 0 Å². The van der Waals surface area contributed by atoms with Gasteiger partial charge in [0, 0.05) is 6.04 Å². The number of hydrogen-bond acceptors (Lipinski definition) is 1. The van der Waals surface area contributed by atoms with Crippen molar-refractivity contribution in [1.29, 1.82) is 0 Å². The smallest absolute Gasteiger partial charge is 0.123 e. The first-order valence-corrected chi connectivity index (χ1v) is 7.79. The second kappa shape index (κ2) is 6.04. The lowest BCUT2D eigenvalue weighted by atomic mass is 9.82. The van der Waals surface area contributed by atoms with Crippen molar-refractivity contribution in [1.82, 2.24) is 5.32 Å². The molecule has 1 aromatic carbocycles. The van der Waals surface area contributed by atoms with Crippen molar-refractivity contribution in [3.05, 3.63) is 35.6 Å². The summed E-state index contributed by atoms with van der Waals surface area (Å²) in [6.45, 7) is 1.02. The molecule has 2 saturated carbocycles. The standard InChI is InChI=1S/C17H24FN/c18-16-8-4-13(5-9-16)10-11-19-17-3-1-2-15(12-17)14-6-7-14/h4-5,8-9,14-15,17,19H,1-3,6-7,10-12H2. The van der Waals surface area contributed by atoms with Crippen LogP contribution in [0, 0.1) is 17.7 Å². The van der Waals surface area contributed by atoms with E-state index in [4.69, 9.17) is 0 Å². The minimum atomic E-state index is -0.142. The fourth-order valence-corrected chi connectivity index (χ4v) is 3.48. The Morgan fingerprint density at radius 2 is 1.79 bits per heavy atom. The van der Waals surface area contributed by atoms with Crippen LogP contribution in [0.1, 0.15) is 44.1 Å². The van der Waals surface area contributed by atoms with Gasteiger partial charge >= 0.3 is 0 Å². The van der Waals surface area contributed by atoms with Gasteiger partial charge in [-0.25, -0.2) is 4.39 Å². The highest BCUT2D eigenvalue weighted by atomic mass is 19.1. The summed E-state index contributed by atoms with van der Waals surface area (Å²) in [5.41, 5.74) is 1.23. The monoisotopic (exact) mass is 261 g/mol. The Hall–Kier alpha value is -0.890. The summed E-state index contributed by atoms with van der Waals surface area (Å²) in [6.07, 6.45) is 9.54. The minimum absolute atomic E-state index is 0.142. The van der Waals surface area contributed by atoms with E-state index in [1.165, 1.54) is 44.1 Å². The molecule has 3 rings (SSSR count). The van der Waals surface area contributed by atoms with Crippen LogP contribution in [0.4, 0.5) is 4.39 Å². The van der Waals surface area contributed by atoms with Crippen LogP contribution in [-0.4, -0.2) is 12.6 Å². The second-order valence-corrected chi connectivity index (χ2v) is 6.29. The molecule has 2 atom stereocenters. The highest BCUT2D eigenvalue weighted by molar-refractivity contribution is 5.16. The van der Waals surface area contributed by atoms with E-state index >= 15 is 0 Å². The third kappa shape index (κ3) is 3.79. The van der Waals surface area contributed by atoms with Crippen molar-refractivity contribution in [2.75, 3.05) is 6.54 Å². The number of benzene rings is 1. The van der Waals surface area contributed by atoms with Crippen LogP contribution in [0.3, 0.4) is 0 Å². The molecule has 2 fully saturated rings. The molecular weight excluding hydrogens is 237 g/mol. The average Bonchev–Trinajstić information content (AvgIpc) is 3.26. The third-order valence-corrected chi connectivity index (χ3v) is 4.76. The largest absolute Gasteiger partial charge is 0.314 e. The molecule has 0 spiro atoms. The Balaban J connectivity index is 1.40. The third-order valence-electron chi connectivity index (χ3n) is 4.76. The van der Waals surface area contributed by atoms with Crippen molar-refractivity contribution < 1.29 is 4.39 Å². The topological polar surface area (TPSA) is 12.0 Å². The molecule has 0 saturated heterocycles. The van der Waals surface area contributed by atoms with E-state index in [1.807, 2.05) is 12.1 Å². The molecule has 0 heterocycles. The Morgan fingerprint density at radius 3 is 2.53 bits per heavy atom. The number of halogens is 1. The molecule has 0 radical (unpaired) electrons. The molecule has 0 aromatic heterocycles. The quantitative estimate of drug-likeness (QED) is 0.847. The van der Waals surface area contributed by atoms with Gasteiger partial charge in [0.25, 0.3) is 0 Å². The summed E-state index contributed by atoms with van der Waals surface area (Å²) in [4.78, 5) is 0. The van der Waals surface area contributed by atoms with E-state index < -0.39 is 0 Å². The van der Waals surface area contributed by atoms with Gasteiger partial charge in [-0.05, 0) is 68.2 Å². The Kier molecular flexibility index (Phi) is 4.17. The lowest BCUT2D eigenvalue weighted by molar-refractivity contribution is 0.262. The maximum Gasteiger partial charge on any atom is 0.123 e. The summed E-state index contributed by atoms with van der Waals surface area (Å²) in [5, 5.41) is 3.70.